The second kappa shape index (κ2) is 7.45. The number of nitrogens with two attached hydrogens (primary N) is 1. The van der Waals surface area contributed by atoms with Crippen LogP contribution in [-0.4, -0.2) is 48.2 Å². The maximum atomic E-state index is 12.7. The molecule has 21 heavy (non-hydrogen) atoms. The maximum absolute atomic E-state index is 12.7. The van der Waals surface area contributed by atoms with E-state index in [2.05, 4.69) is 5.32 Å². The van der Waals surface area contributed by atoms with Crippen LogP contribution in [0, 0.1) is 0 Å². The Morgan fingerprint density at radius 2 is 2.10 bits per heavy atom. The average Bonchev–Trinajstić information content (AvgIpc) is 2.37. The van der Waals surface area contributed by atoms with Crippen LogP contribution in [0.4, 0.5) is 13.2 Å². The van der Waals surface area contributed by atoms with E-state index in [0.717, 1.165) is 0 Å². The number of alkyl halides is 3. The first-order chi connectivity index (χ1) is 9.74. The number of primary amides is 1. The van der Waals surface area contributed by atoms with E-state index in [9.17, 15) is 18.0 Å². The van der Waals surface area contributed by atoms with Gasteiger partial charge in [0.25, 0.3) is 0 Å². The minimum Gasteiger partial charge on any atom is -0.368 e. The van der Waals surface area contributed by atoms with Crippen molar-refractivity contribution in [3.63, 3.8) is 0 Å². The second-order valence-electron chi connectivity index (χ2n) is 5.81. The molecule has 0 heterocycles. The van der Waals surface area contributed by atoms with Gasteiger partial charge in [-0.1, -0.05) is 13.8 Å². The lowest BCUT2D eigenvalue weighted by molar-refractivity contribution is -0.154. The van der Waals surface area contributed by atoms with Crippen molar-refractivity contribution in [1.29, 1.82) is 0 Å². The first kappa shape index (κ1) is 18.2. The topological polar surface area (TPSA) is 58.4 Å². The Kier molecular flexibility index (Phi) is 6.46. The first-order valence-electron chi connectivity index (χ1n) is 7.60. The number of likely N-dealkylation sites (N-methyl/N-ethyl adjacent to an activating group) is 1. The molecule has 1 saturated carbocycles. The fraction of sp³-hybridized carbons (Fsp3) is 0.929. The minimum atomic E-state index is -4.22. The summed E-state index contributed by atoms with van der Waals surface area (Å²) < 4.78 is 38.2. The van der Waals surface area contributed by atoms with Crippen molar-refractivity contribution in [3.05, 3.63) is 0 Å². The van der Waals surface area contributed by atoms with E-state index in [4.69, 9.17) is 5.73 Å². The number of carbonyl (C=O) groups excluding carboxylic acids is 1. The predicted octanol–water partition coefficient (Wildman–Crippen LogP) is 2.04. The van der Waals surface area contributed by atoms with E-state index in [1.807, 2.05) is 13.8 Å². The Labute approximate surface area is 124 Å². The van der Waals surface area contributed by atoms with Crippen LogP contribution in [-0.2, 0) is 4.79 Å². The molecule has 7 heteroatoms. The van der Waals surface area contributed by atoms with E-state index < -0.39 is 24.2 Å². The van der Waals surface area contributed by atoms with Gasteiger partial charge in [0, 0.05) is 6.04 Å². The van der Waals surface area contributed by atoms with E-state index in [1.54, 1.807) is 0 Å². The highest BCUT2D eigenvalue weighted by Crippen LogP contribution is 2.32. The zero-order valence-corrected chi connectivity index (χ0v) is 12.8. The molecule has 0 aliphatic heterocycles. The van der Waals surface area contributed by atoms with E-state index >= 15 is 0 Å². The number of hydrogen-bond donors (Lipinski definition) is 2. The minimum absolute atomic E-state index is 0.258. The monoisotopic (exact) mass is 309 g/mol. The molecular weight excluding hydrogens is 283 g/mol. The molecule has 0 aromatic heterocycles. The summed E-state index contributed by atoms with van der Waals surface area (Å²) >= 11 is 0. The molecule has 1 aliphatic rings. The number of nitrogens with one attached hydrogen (secondary N) is 1. The van der Waals surface area contributed by atoms with Crippen molar-refractivity contribution in [2.45, 2.75) is 63.7 Å². The quantitative estimate of drug-likeness (QED) is 0.756. The maximum Gasteiger partial charge on any atom is 0.401 e. The Bertz CT molecular complexity index is 345. The zero-order valence-electron chi connectivity index (χ0n) is 12.8. The molecule has 1 amide bonds. The summed E-state index contributed by atoms with van der Waals surface area (Å²) in [4.78, 5) is 13.2. The highest BCUT2D eigenvalue weighted by Gasteiger charge is 2.44. The molecule has 0 spiro atoms. The van der Waals surface area contributed by atoms with Crippen molar-refractivity contribution in [2.24, 2.45) is 5.73 Å². The number of halogens is 3. The fourth-order valence-corrected chi connectivity index (χ4v) is 3.28. The molecule has 0 aromatic carbocycles. The normalized spacial score (nSPS) is 27.0. The highest BCUT2D eigenvalue weighted by molar-refractivity contribution is 5.84. The van der Waals surface area contributed by atoms with Crippen LogP contribution in [0.3, 0.4) is 0 Å². The largest absolute Gasteiger partial charge is 0.401 e. The van der Waals surface area contributed by atoms with Crippen molar-refractivity contribution in [2.75, 3.05) is 19.6 Å². The summed E-state index contributed by atoms with van der Waals surface area (Å²) in [7, 11) is 0. The van der Waals surface area contributed by atoms with Crippen LogP contribution in [0.25, 0.3) is 0 Å². The Hall–Kier alpha value is -0.820. The summed E-state index contributed by atoms with van der Waals surface area (Å²) in [6, 6.07) is -0.258. The molecule has 1 rings (SSSR count). The summed E-state index contributed by atoms with van der Waals surface area (Å²) in [5, 5.41) is 3.10. The van der Waals surface area contributed by atoms with Gasteiger partial charge in [0.05, 0.1) is 12.1 Å². The Morgan fingerprint density at radius 3 is 2.57 bits per heavy atom. The van der Waals surface area contributed by atoms with Crippen molar-refractivity contribution in [3.8, 4) is 0 Å². The van der Waals surface area contributed by atoms with Gasteiger partial charge in [-0.3, -0.25) is 9.69 Å². The van der Waals surface area contributed by atoms with Crippen LogP contribution in [0.1, 0.15) is 46.0 Å². The molecular formula is C14H26F3N3O. The van der Waals surface area contributed by atoms with Gasteiger partial charge in [0.2, 0.25) is 5.91 Å². The number of rotatable bonds is 7. The molecule has 0 bridgehead atoms. The molecule has 124 valence electrons. The van der Waals surface area contributed by atoms with Gasteiger partial charge in [0.1, 0.15) is 0 Å². The molecule has 2 atom stereocenters. The van der Waals surface area contributed by atoms with Crippen LogP contribution in [0.5, 0.6) is 0 Å². The summed E-state index contributed by atoms with van der Waals surface area (Å²) in [5.41, 5.74) is 4.64. The smallest absolute Gasteiger partial charge is 0.368 e. The van der Waals surface area contributed by atoms with Gasteiger partial charge >= 0.3 is 6.18 Å². The van der Waals surface area contributed by atoms with Crippen LogP contribution >= 0.6 is 0 Å². The van der Waals surface area contributed by atoms with Crippen molar-refractivity contribution >= 4 is 5.91 Å². The van der Waals surface area contributed by atoms with E-state index in [0.29, 0.717) is 45.2 Å². The number of amides is 1. The number of nitrogens with zero attached hydrogens (tertiary/aromatic N) is 1. The molecule has 1 aliphatic carbocycles. The lowest BCUT2D eigenvalue weighted by Gasteiger charge is -2.43. The first-order valence-corrected chi connectivity index (χ1v) is 7.60. The number of carbonyl (C=O) groups is 1. The second-order valence-corrected chi connectivity index (χ2v) is 5.81. The average molecular weight is 309 g/mol. The lowest BCUT2D eigenvalue weighted by atomic mass is 9.77. The Morgan fingerprint density at radius 1 is 1.43 bits per heavy atom. The van der Waals surface area contributed by atoms with Gasteiger partial charge in [-0.25, -0.2) is 0 Å². The summed E-state index contributed by atoms with van der Waals surface area (Å²) in [6.45, 7) is 3.76. The van der Waals surface area contributed by atoms with Gasteiger partial charge in [0.15, 0.2) is 0 Å². The van der Waals surface area contributed by atoms with Gasteiger partial charge in [-0.2, -0.15) is 13.2 Å². The SMILES string of the molecule is CCCN(CC(F)(F)F)C1CCCC(NCC)(C(N)=O)C1. The molecule has 0 radical (unpaired) electrons. The Balaban J connectivity index is 2.86. The molecule has 3 N–H and O–H groups in total. The third-order valence-electron chi connectivity index (χ3n) is 4.12. The standard InChI is InChI=1S/C14H26F3N3O/c1-3-8-20(10-14(15,16)17)11-6-5-7-13(9-11,12(18)21)19-4-2/h11,19H,3-10H2,1-2H3,(H2,18,21). The van der Waals surface area contributed by atoms with Gasteiger partial charge in [-0.15, -0.1) is 0 Å². The molecule has 2 unspecified atom stereocenters. The fourth-order valence-electron chi connectivity index (χ4n) is 3.28. The summed E-state index contributed by atoms with van der Waals surface area (Å²) in [5.74, 6) is -0.461. The molecule has 0 aromatic rings. The highest BCUT2D eigenvalue weighted by atomic mass is 19.4. The van der Waals surface area contributed by atoms with Crippen LogP contribution in [0.2, 0.25) is 0 Å². The van der Waals surface area contributed by atoms with Crippen LogP contribution in [0.15, 0.2) is 0 Å². The molecule has 1 fully saturated rings. The van der Waals surface area contributed by atoms with Crippen molar-refractivity contribution in [1.82, 2.24) is 10.2 Å². The van der Waals surface area contributed by atoms with Gasteiger partial charge < -0.3 is 11.1 Å². The summed E-state index contributed by atoms with van der Waals surface area (Å²) in [6.07, 6.45) is -1.24. The third-order valence-corrected chi connectivity index (χ3v) is 4.12. The van der Waals surface area contributed by atoms with Crippen molar-refractivity contribution < 1.29 is 18.0 Å². The third kappa shape index (κ3) is 5.14. The van der Waals surface area contributed by atoms with E-state index in [1.165, 1.54) is 4.90 Å². The van der Waals surface area contributed by atoms with Gasteiger partial charge in [-0.05, 0) is 45.2 Å². The van der Waals surface area contributed by atoms with Crippen LogP contribution < -0.4 is 11.1 Å². The molecule has 0 saturated heterocycles. The predicted molar refractivity (Wildman–Crippen MR) is 75.8 cm³/mol. The number of hydrogen-bond acceptors (Lipinski definition) is 3. The lowest BCUT2D eigenvalue weighted by Crippen LogP contribution is -2.61. The molecule has 4 nitrogen and oxygen atoms in total. The zero-order chi connectivity index (χ0) is 16.1. The van der Waals surface area contributed by atoms with E-state index in [-0.39, 0.29) is 6.04 Å².